The minimum Gasteiger partial charge on any atom is -0.496 e. The van der Waals surface area contributed by atoms with Crippen LogP contribution in [0.15, 0.2) is 91.6 Å². The summed E-state index contributed by atoms with van der Waals surface area (Å²) in [6.45, 7) is 21.4. The van der Waals surface area contributed by atoms with Crippen molar-refractivity contribution in [3.63, 3.8) is 0 Å². The number of piperidine rings is 1. The summed E-state index contributed by atoms with van der Waals surface area (Å²) in [6, 6.07) is 22.5. The average Bonchev–Trinajstić information content (AvgIpc) is 1.13. The lowest BCUT2D eigenvalue weighted by molar-refractivity contribution is -0.107. The van der Waals surface area contributed by atoms with Crippen molar-refractivity contribution in [1.82, 2.24) is 14.8 Å². The Morgan fingerprint density at radius 2 is 1.01 bits per heavy atom. The van der Waals surface area contributed by atoms with Crippen LogP contribution in [0.5, 0.6) is 46.0 Å². The molecule has 492 valence electrons. The number of hydrogen-bond donors (Lipinski definition) is 3. The van der Waals surface area contributed by atoms with Crippen LogP contribution in [0, 0.1) is 0 Å². The largest absolute Gasteiger partial charge is 0.496 e. The molecule has 1 amide bonds. The lowest BCUT2D eigenvalue weighted by Crippen LogP contribution is -2.37. The molecule has 6 heterocycles. The highest BCUT2D eigenvalue weighted by Crippen LogP contribution is 2.45. The summed E-state index contributed by atoms with van der Waals surface area (Å²) in [5.74, 6) is 5.15. The number of carbonyl (C=O) groups excluding carboxylic acids is 6. The first-order valence-corrected chi connectivity index (χ1v) is 31.2. The zero-order valence-electron chi connectivity index (χ0n) is 55.4. The molecule has 19 heteroatoms. The summed E-state index contributed by atoms with van der Waals surface area (Å²) in [7, 11) is 8.00. The van der Waals surface area contributed by atoms with Crippen LogP contribution in [-0.4, -0.2) is 145 Å². The molecule has 0 bridgehead atoms. The maximum absolute atomic E-state index is 12.7. The van der Waals surface area contributed by atoms with Crippen LogP contribution >= 0.6 is 0 Å². The van der Waals surface area contributed by atoms with Gasteiger partial charge in [-0.15, -0.1) is 6.58 Å². The van der Waals surface area contributed by atoms with Gasteiger partial charge in [-0.05, 0) is 153 Å². The topological polar surface area (TPSA) is 237 Å². The lowest BCUT2D eigenvalue weighted by Gasteiger charge is -2.35. The number of nitrogens with one attached hydrogen (secondary N) is 1. The third-order valence-electron chi connectivity index (χ3n) is 16.9. The maximum atomic E-state index is 12.7. The van der Waals surface area contributed by atoms with Gasteiger partial charge >= 0.3 is 0 Å². The van der Waals surface area contributed by atoms with Crippen molar-refractivity contribution in [1.29, 1.82) is 0 Å². The van der Waals surface area contributed by atoms with Gasteiger partial charge in [0.05, 0.1) is 89.1 Å². The number of ether oxygens (including phenoxy) is 8. The van der Waals surface area contributed by atoms with E-state index in [1.165, 1.54) is 14.2 Å². The van der Waals surface area contributed by atoms with Gasteiger partial charge < -0.3 is 67.7 Å². The van der Waals surface area contributed by atoms with Gasteiger partial charge in [0.1, 0.15) is 74.7 Å². The number of fused-ring (bicyclic) bond motifs is 5. The fourth-order valence-corrected chi connectivity index (χ4v) is 12.5. The Labute approximate surface area is 539 Å². The van der Waals surface area contributed by atoms with E-state index in [1.54, 1.807) is 57.7 Å². The number of aldehydes is 1. The molecule has 1 unspecified atom stereocenters. The second kappa shape index (κ2) is 29.0. The van der Waals surface area contributed by atoms with E-state index in [9.17, 15) is 33.9 Å². The van der Waals surface area contributed by atoms with Gasteiger partial charge in [-0.2, -0.15) is 0 Å². The Bertz CT molecular complexity index is 3660. The third kappa shape index (κ3) is 15.8. The fourth-order valence-electron chi connectivity index (χ4n) is 12.5. The molecule has 5 aromatic carbocycles. The molecule has 1 fully saturated rings. The molecule has 0 radical (unpaired) electrons. The number of aliphatic hydroxyl groups is 2. The molecular weight excluding hydrogens is 1170 g/mol. The molecule has 11 rings (SSSR count). The normalized spacial score (nSPS) is 17.6. The first-order valence-electron chi connectivity index (χ1n) is 31.2. The Kier molecular flexibility index (Phi) is 21.8. The summed E-state index contributed by atoms with van der Waals surface area (Å²) >= 11 is 0. The van der Waals surface area contributed by atoms with E-state index < -0.39 is 28.5 Å². The summed E-state index contributed by atoms with van der Waals surface area (Å²) in [4.78, 5) is 74.4. The smallest absolute Gasteiger partial charge is 0.251 e. The van der Waals surface area contributed by atoms with Crippen molar-refractivity contribution in [3.05, 3.63) is 142 Å². The summed E-state index contributed by atoms with van der Waals surface area (Å²) in [6.07, 6.45) is 9.06. The minimum absolute atomic E-state index is 0.0126. The quantitative estimate of drug-likeness (QED) is 0.0603. The molecule has 0 spiro atoms. The van der Waals surface area contributed by atoms with Crippen LogP contribution in [-0.2, 0) is 30.5 Å². The Morgan fingerprint density at radius 1 is 0.609 bits per heavy atom. The zero-order chi connectivity index (χ0) is 67.0. The van der Waals surface area contributed by atoms with Gasteiger partial charge in [0.15, 0.2) is 23.1 Å². The van der Waals surface area contributed by atoms with E-state index in [1.807, 2.05) is 91.8 Å². The highest BCUT2D eigenvalue weighted by Gasteiger charge is 2.39. The molecule has 1 atom stereocenters. The number of carbonyl (C=O) groups is 6. The predicted octanol–water partition coefficient (Wildman–Crippen LogP) is 11.3. The number of ketones is 4. The molecule has 5 aliphatic heterocycles. The van der Waals surface area contributed by atoms with Crippen molar-refractivity contribution in [2.75, 3.05) is 61.7 Å². The molecule has 19 nitrogen and oxygen atoms in total. The van der Waals surface area contributed by atoms with Gasteiger partial charge in [0.2, 0.25) is 0 Å². The Hall–Kier alpha value is -8.52. The van der Waals surface area contributed by atoms with Crippen LogP contribution in [0.2, 0.25) is 0 Å². The van der Waals surface area contributed by atoms with Crippen LogP contribution in [0.25, 0.3) is 10.9 Å². The second-order valence-electron chi connectivity index (χ2n) is 26.1. The van der Waals surface area contributed by atoms with Crippen molar-refractivity contribution < 1.29 is 76.9 Å². The first-order chi connectivity index (χ1) is 43.6. The molecule has 6 aromatic rings. The van der Waals surface area contributed by atoms with E-state index in [2.05, 4.69) is 33.6 Å². The van der Waals surface area contributed by atoms with Gasteiger partial charge in [-0.3, -0.25) is 24.0 Å². The van der Waals surface area contributed by atoms with Crippen LogP contribution in [0.3, 0.4) is 0 Å². The number of nitrogens with zero attached hydrogens (tertiary/aromatic N) is 2. The first kappa shape index (κ1) is 69.4. The summed E-state index contributed by atoms with van der Waals surface area (Å²) < 4.78 is 47.8. The van der Waals surface area contributed by atoms with E-state index in [4.69, 9.17) is 43.0 Å². The molecule has 1 aromatic heterocycles. The summed E-state index contributed by atoms with van der Waals surface area (Å²) in [5.41, 5.74) is 5.17. The van der Waals surface area contributed by atoms with Crippen LogP contribution < -0.4 is 43.2 Å². The number of hydrogen-bond acceptors (Lipinski definition) is 17. The number of amides is 1. The zero-order valence-corrected chi connectivity index (χ0v) is 55.4. The number of methoxy groups -OCH3 is 4. The minimum atomic E-state index is -0.917. The van der Waals surface area contributed by atoms with Gasteiger partial charge in [-0.1, -0.05) is 12.1 Å². The monoisotopic (exact) mass is 1260 g/mol. The van der Waals surface area contributed by atoms with Crippen molar-refractivity contribution in [3.8, 4) is 46.0 Å². The third-order valence-corrected chi connectivity index (χ3v) is 16.9. The van der Waals surface area contributed by atoms with Crippen LogP contribution in [0.4, 0.5) is 0 Å². The van der Waals surface area contributed by atoms with Crippen molar-refractivity contribution in [2.24, 2.45) is 0 Å². The highest BCUT2D eigenvalue weighted by molar-refractivity contribution is 6.03. The molecule has 5 aliphatic rings. The fraction of sp³-hybridized carbons (Fsp3) is 0.452. The van der Waals surface area contributed by atoms with Crippen LogP contribution in [0.1, 0.15) is 174 Å². The number of aliphatic hydroxyl groups excluding tert-OH is 2. The number of rotatable bonds is 16. The van der Waals surface area contributed by atoms with Gasteiger partial charge in [0.25, 0.3) is 5.91 Å². The van der Waals surface area contributed by atoms with E-state index in [0.717, 1.165) is 78.7 Å². The Balaban J connectivity index is 0.000000167. The van der Waals surface area contributed by atoms with Crippen molar-refractivity contribution in [2.45, 2.75) is 154 Å². The SMILES string of the molecule is C=CCc1c(OC)ccc2c1OC(C)(C)CC2=O.CNC(=O)c1ccc2ccn(C3CCN(CCc4c(OC)ccc5c4OC(C)(C)CC5=O)CC3)c2c1.COc1ccc2c(c1CC(O)CO)OC(C)(C)CC2=O.COc1ccc2c(c1CC=O)OC(C)(C)CC2=O. The maximum Gasteiger partial charge on any atom is 0.251 e. The number of allylic oxidation sites excluding steroid dienone is 1. The summed E-state index contributed by atoms with van der Waals surface area (Å²) in [5, 5.41) is 22.6. The Morgan fingerprint density at radius 3 is 1.41 bits per heavy atom. The molecule has 92 heavy (non-hydrogen) atoms. The molecule has 1 saturated heterocycles. The highest BCUT2D eigenvalue weighted by atomic mass is 16.5. The molecular formula is C73H89N3O16. The van der Waals surface area contributed by atoms with E-state index in [0.29, 0.717) is 112 Å². The average molecular weight is 1260 g/mol. The van der Waals surface area contributed by atoms with E-state index in [-0.39, 0.29) is 48.5 Å². The number of benzene rings is 5. The molecule has 0 saturated carbocycles. The molecule has 3 N–H and O–H groups in total. The number of Topliss-reactive ketones (excluding diaryl/α,β-unsaturated/α-hetero) is 4. The lowest BCUT2D eigenvalue weighted by atomic mass is 9.90. The van der Waals surface area contributed by atoms with Gasteiger partial charge in [0, 0.05) is 85.1 Å². The number of aromatic nitrogens is 1. The second-order valence-corrected chi connectivity index (χ2v) is 26.1. The van der Waals surface area contributed by atoms with E-state index >= 15 is 0 Å². The van der Waals surface area contributed by atoms with Crippen molar-refractivity contribution >= 4 is 46.2 Å². The standard InChI is InChI=1S/C29H35N3O4.C15H20O5.C15H18O3.C14H16O4/c1-29(2)18-25(33)22-7-8-26(35-4)23(27(22)36-29)12-15-31-13-10-21(11-14-31)32-16-9-19-5-6-20(17-24(19)32)28(34)30-3;1-15(2)7-12(18)10-4-5-13(19-3)11(14(10)20-15)6-9(17)8-16;1-5-6-11-13(17-4)8-7-10-12(16)9-15(2,3)18-14(10)11;1-14(2)8-11(16)9-4-5-12(17-3)10(6-7-15)13(9)18-14/h5-9,16-17,21H,10-15,18H2,1-4H3,(H,30,34);4-5,9,16-17H,6-8H2,1-3H3;5,7-8H,1,6,9H2,2-4H3;4-5,7H,6,8H2,1-3H3. The predicted molar refractivity (Wildman–Crippen MR) is 351 cm³/mol. The van der Waals surface area contributed by atoms with Gasteiger partial charge in [-0.25, -0.2) is 0 Å². The molecule has 0 aliphatic carbocycles. The number of likely N-dealkylation sites (tertiary alicyclic amines) is 1.